The molecule has 0 aliphatic rings. The number of para-hydroxylation sites is 1. The Balaban J connectivity index is 1.81. The van der Waals surface area contributed by atoms with Crippen LogP contribution in [0.15, 0.2) is 54.7 Å². The van der Waals surface area contributed by atoms with E-state index in [9.17, 15) is 4.79 Å². The van der Waals surface area contributed by atoms with Crippen LogP contribution in [-0.2, 0) is 4.79 Å². The van der Waals surface area contributed by atoms with E-state index in [2.05, 4.69) is 64.9 Å². The van der Waals surface area contributed by atoms with Gasteiger partial charge in [0.2, 0.25) is 11.9 Å². The molecule has 3 rings (SSSR count). The van der Waals surface area contributed by atoms with E-state index < -0.39 is 0 Å². The molecule has 1 heterocycles. The van der Waals surface area contributed by atoms with E-state index in [0.29, 0.717) is 17.7 Å². The maximum absolute atomic E-state index is 11.2. The van der Waals surface area contributed by atoms with Crippen molar-refractivity contribution in [3.05, 3.63) is 65.9 Å². The fraction of sp³-hybridized carbons (Fsp3) is 0.227. The zero-order valence-electron chi connectivity index (χ0n) is 16.6. The third-order valence-electron chi connectivity index (χ3n) is 4.27. The first kappa shape index (κ1) is 19.4. The highest BCUT2D eigenvalue weighted by Gasteiger charge is 2.11. The number of benzene rings is 2. The maximum Gasteiger partial charge on any atom is 0.229 e. The van der Waals surface area contributed by atoms with Crippen molar-refractivity contribution in [1.29, 1.82) is 0 Å². The van der Waals surface area contributed by atoms with Crippen molar-refractivity contribution in [3.63, 3.8) is 0 Å². The van der Waals surface area contributed by atoms with Crippen LogP contribution in [0.2, 0.25) is 0 Å². The van der Waals surface area contributed by atoms with Gasteiger partial charge in [0.05, 0.1) is 0 Å². The number of amides is 1. The summed E-state index contributed by atoms with van der Waals surface area (Å²) in [6.45, 7) is 7.89. The molecule has 28 heavy (non-hydrogen) atoms. The molecule has 1 aromatic heterocycles. The highest BCUT2D eigenvalue weighted by molar-refractivity contribution is 5.89. The minimum Gasteiger partial charge on any atom is -0.340 e. The van der Waals surface area contributed by atoms with Crippen molar-refractivity contribution in [1.82, 2.24) is 9.97 Å². The smallest absolute Gasteiger partial charge is 0.229 e. The number of rotatable bonds is 6. The molecule has 0 radical (unpaired) electrons. The lowest BCUT2D eigenvalue weighted by Crippen LogP contribution is -2.06. The lowest BCUT2D eigenvalue weighted by Gasteiger charge is -2.16. The molecule has 0 fully saturated rings. The molecule has 0 atom stereocenters. The third kappa shape index (κ3) is 4.85. The van der Waals surface area contributed by atoms with Crippen molar-refractivity contribution < 1.29 is 4.79 Å². The van der Waals surface area contributed by atoms with Gasteiger partial charge in [-0.05, 0) is 48.2 Å². The second kappa shape index (κ2) is 8.52. The Bertz CT molecular complexity index is 984. The van der Waals surface area contributed by atoms with Gasteiger partial charge in [-0.2, -0.15) is 4.98 Å². The molecule has 144 valence electrons. The Kier molecular flexibility index (Phi) is 5.89. The minimum absolute atomic E-state index is 0.107. The second-order valence-electron chi connectivity index (χ2n) is 6.97. The lowest BCUT2D eigenvalue weighted by molar-refractivity contribution is -0.114. The summed E-state index contributed by atoms with van der Waals surface area (Å²) in [6.07, 6.45) is 1.71. The van der Waals surface area contributed by atoms with Crippen molar-refractivity contribution in [2.24, 2.45) is 0 Å². The number of aromatic nitrogens is 2. The lowest BCUT2D eigenvalue weighted by atomic mass is 9.98. The summed E-state index contributed by atoms with van der Waals surface area (Å²) >= 11 is 0. The van der Waals surface area contributed by atoms with Gasteiger partial charge in [-0.1, -0.05) is 38.1 Å². The van der Waals surface area contributed by atoms with Gasteiger partial charge < -0.3 is 16.0 Å². The molecule has 0 saturated carbocycles. The summed E-state index contributed by atoms with van der Waals surface area (Å²) in [5.41, 5.74) is 4.98. The van der Waals surface area contributed by atoms with Crippen LogP contribution in [0, 0.1) is 6.92 Å². The first-order chi connectivity index (χ1) is 13.4. The van der Waals surface area contributed by atoms with Crippen molar-refractivity contribution in [2.75, 3.05) is 16.0 Å². The van der Waals surface area contributed by atoms with Crippen LogP contribution < -0.4 is 16.0 Å². The van der Waals surface area contributed by atoms with E-state index in [0.717, 1.165) is 22.6 Å². The average Bonchev–Trinajstić information content (AvgIpc) is 2.63. The summed E-state index contributed by atoms with van der Waals surface area (Å²) in [5.74, 6) is 1.47. The highest BCUT2D eigenvalue weighted by atomic mass is 16.1. The van der Waals surface area contributed by atoms with Crippen LogP contribution >= 0.6 is 0 Å². The van der Waals surface area contributed by atoms with E-state index in [1.807, 2.05) is 24.3 Å². The van der Waals surface area contributed by atoms with E-state index in [4.69, 9.17) is 0 Å². The zero-order chi connectivity index (χ0) is 20.1. The summed E-state index contributed by atoms with van der Waals surface area (Å²) in [6, 6.07) is 15.5. The molecule has 0 bridgehead atoms. The number of nitrogens with one attached hydrogen (secondary N) is 3. The van der Waals surface area contributed by atoms with Crippen molar-refractivity contribution in [2.45, 2.75) is 33.6 Å². The zero-order valence-corrected chi connectivity index (χ0v) is 16.6. The fourth-order valence-corrected chi connectivity index (χ4v) is 2.97. The van der Waals surface area contributed by atoms with Gasteiger partial charge in [0.25, 0.3) is 0 Å². The monoisotopic (exact) mass is 375 g/mol. The summed E-state index contributed by atoms with van der Waals surface area (Å²) in [4.78, 5) is 20.2. The molecular weight excluding hydrogens is 350 g/mol. The number of hydrogen-bond acceptors (Lipinski definition) is 5. The molecule has 3 aromatic rings. The quantitative estimate of drug-likeness (QED) is 0.541. The van der Waals surface area contributed by atoms with Gasteiger partial charge in [-0.3, -0.25) is 4.79 Å². The molecule has 0 aliphatic carbocycles. The van der Waals surface area contributed by atoms with Gasteiger partial charge >= 0.3 is 0 Å². The predicted molar refractivity (Wildman–Crippen MR) is 115 cm³/mol. The molecule has 1 amide bonds. The Morgan fingerprint density at radius 3 is 2.50 bits per heavy atom. The van der Waals surface area contributed by atoms with Crippen LogP contribution in [0.1, 0.15) is 37.8 Å². The summed E-state index contributed by atoms with van der Waals surface area (Å²) in [5, 5.41) is 9.39. The Morgan fingerprint density at radius 1 is 1.00 bits per heavy atom. The molecular formula is C22H25N5O. The van der Waals surface area contributed by atoms with E-state index in [-0.39, 0.29) is 5.91 Å². The Hall–Kier alpha value is -3.41. The molecule has 3 N–H and O–H groups in total. The first-order valence-electron chi connectivity index (χ1n) is 9.26. The number of nitrogens with zero attached hydrogens (tertiary/aromatic N) is 2. The minimum atomic E-state index is -0.107. The Morgan fingerprint density at radius 2 is 1.75 bits per heavy atom. The van der Waals surface area contributed by atoms with Gasteiger partial charge in [0.15, 0.2) is 0 Å². The summed E-state index contributed by atoms with van der Waals surface area (Å²) < 4.78 is 0. The van der Waals surface area contributed by atoms with E-state index in [1.165, 1.54) is 12.5 Å². The van der Waals surface area contributed by atoms with Crippen LogP contribution in [-0.4, -0.2) is 15.9 Å². The van der Waals surface area contributed by atoms with Crippen LogP contribution in [0.5, 0.6) is 0 Å². The largest absolute Gasteiger partial charge is 0.340 e. The maximum atomic E-state index is 11.2. The van der Waals surface area contributed by atoms with Crippen molar-refractivity contribution >= 4 is 34.7 Å². The molecule has 6 heteroatoms. The molecule has 6 nitrogen and oxygen atoms in total. The number of carbonyl (C=O) groups is 1. The third-order valence-corrected chi connectivity index (χ3v) is 4.27. The van der Waals surface area contributed by atoms with Gasteiger partial charge in [0.1, 0.15) is 5.82 Å². The van der Waals surface area contributed by atoms with Gasteiger partial charge in [-0.15, -0.1) is 0 Å². The fourth-order valence-electron chi connectivity index (χ4n) is 2.97. The topological polar surface area (TPSA) is 78.9 Å². The number of hydrogen-bond donors (Lipinski definition) is 3. The van der Waals surface area contributed by atoms with Crippen LogP contribution in [0.25, 0.3) is 0 Å². The Labute approximate surface area is 165 Å². The molecule has 2 aromatic carbocycles. The molecule has 0 aliphatic heterocycles. The molecule has 0 unspecified atom stereocenters. The standard InChI is InChI=1S/C22H25N5O/c1-14(2)19-10-5-7-15(3)21(19)27-22-23-12-11-20(26-22)25-18-9-6-8-17(13-18)24-16(4)28/h5-14H,1-4H3,(H,24,28)(H2,23,25,26,27). The number of aryl methyl sites for hydroxylation is 1. The van der Waals surface area contributed by atoms with E-state index >= 15 is 0 Å². The number of carbonyl (C=O) groups excluding carboxylic acids is 1. The first-order valence-corrected chi connectivity index (χ1v) is 9.26. The SMILES string of the molecule is CC(=O)Nc1cccc(Nc2ccnc(Nc3c(C)cccc3C(C)C)n2)c1. The number of anilines is 5. The molecule has 0 saturated heterocycles. The average molecular weight is 375 g/mol. The van der Waals surface area contributed by atoms with Gasteiger partial charge in [0, 0.05) is 30.2 Å². The highest BCUT2D eigenvalue weighted by Crippen LogP contribution is 2.29. The van der Waals surface area contributed by atoms with Crippen LogP contribution in [0.4, 0.5) is 28.8 Å². The van der Waals surface area contributed by atoms with Crippen molar-refractivity contribution in [3.8, 4) is 0 Å². The van der Waals surface area contributed by atoms with E-state index in [1.54, 1.807) is 12.3 Å². The summed E-state index contributed by atoms with van der Waals surface area (Å²) in [7, 11) is 0. The normalized spacial score (nSPS) is 10.6. The van der Waals surface area contributed by atoms with Crippen LogP contribution in [0.3, 0.4) is 0 Å². The molecule has 0 spiro atoms. The van der Waals surface area contributed by atoms with Gasteiger partial charge in [-0.25, -0.2) is 4.98 Å². The predicted octanol–water partition coefficient (Wildman–Crippen LogP) is 5.35. The second-order valence-corrected chi connectivity index (χ2v) is 6.97.